The first kappa shape index (κ1) is 17.1. The zero-order chi connectivity index (χ0) is 17.3. The Morgan fingerprint density at radius 1 is 1.30 bits per heavy atom. The Labute approximate surface area is 138 Å². The van der Waals surface area contributed by atoms with Crippen molar-refractivity contribution < 1.29 is 24.2 Å². The summed E-state index contributed by atoms with van der Waals surface area (Å²) in [5, 5.41) is 9.27. The second kappa shape index (κ2) is 6.45. The van der Waals surface area contributed by atoms with E-state index in [1.54, 1.807) is 32.1 Å². The van der Waals surface area contributed by atoms with Gasteiger partial charge in [-0.25, -0.2) is 4.79 Å². The van der Waals surface area contributed by atoms with Crippen LogP contribution in [-0.4, -0.2) is 40.3 Å². The molecular formula is C16H17NO5S. The molecule has 1 saturated heterocycles. The second-order valence-electron chi connectivity index (χ2n) is 5.25. The van der Waals surface area contributed by atoms with Crippen molar-refractivity contribution in [2.75, 3.05) is 7.11 Å². The van der Waals surface area contributed by atoms with Gasteiger partial charge in [0.2, 0.25) is 0 Å². The number of hydrogen-bond acceptors (Lipinski definition) is 6. The number of benzene rings is 1. The van der Waals surface area contributed by atoms with Crippen LogP contribution in [0, 0.1) is 13.8 Å². The predicted octanol–water partition coefficient (Wildman–Crippen LogP) is 2.61. The van der Waals surface area contributed by atoms with E-state index in [4.69, 9.17) is 0 Å². The van der Waals surface area contributed by atoms with Crippen LogP contribution in [0.4, 0.5) is 4.79 Å². The van der Waals surface area contributed by atoms with E-state index in [-0.39, 0.29) is 10.7 Å². The fourth-order valence-electron chi connectivity index (χ4n) is 2.31. The molecule has 1 aliphatic rings. The Kier molecular flexibility index (Phi) is 4.79. The van der Waals surface area contributed by atoms with Gasteiger partial charge in [-0.2, -0.15) is 0 Å². The van der Waals surface area contributed by atoms with Crippen LogP contribution >= 0.6 is 11.8 Å². The molecule has 0 unspecified atom stereocenters. The number of hydrogen-bond donors (Lipinski definition) is 1. The fourth-order valence-corrected chi connectivity index (χ4v) is 3.22. The van der Waals surface area contributed by atoms with Crippen LogP contribution in [0.3, 0.4) is 0 Å². The number of carbonyl (C=O) groups excluding carboxylic acids is 3. The van der Waals surface area contributed by atoms with Crippen molar-refractivity contribution in [3.8, 4) is 5.75 Å². The summed E-state index contributed by atoms with van der Waals surface area (Å²) in [6.45, 7) is 4.95. The highest BCUT2D eigenvalue weighted by atomic mass is 32.2. The third-order valence-corrected chi connectivity index (χ3v) is 4.45. The number of esters is 1. The van der Waals surface area contributed by atoms with E-state index in [9.17, 15) is 19.5 Å². The summed E-state index contributed by atoms with van der Waals surface area (Å²) in [6, 6.07) is 2.47. The standard InChI is InChI=1S/C16H17NO5S/c1-8-5-11(6-9(2)13(8)18)7-12-14(19)17(16(21)23-12)10(3)15(20)22-4/h5-7,10,18H,1-4H3/b12-7+/t10-/m0/s1. The number of phenols is 1. The van der Waals surface area contributed by atoms with Crippen LogP contribution in [-0.2, 0) is 14.3 Å². The van der Waals surface area contributed by atoms with E-state index in [1.165, 1.54) is 14.0 Å². The number of thioether (sulfide) groups is 1. The minimum atomic E-state index is -0.971. The van der Waals surface area contributed by atoms with Crippen molar-refractivity contribution >= 4 is 35.0 Å². The van der Waals surface area contributed by atoms with E-state index in [0.29, 0.717) is 16.7 Å². The Bertz CT molecular complexity index is 702. The Balaban J connectivity index is 2.34. The van der Waals surface area contributed by atoms with Gasteiger partial charge >= 0.3 is 5.97 Å². The maximum atomic E-state index is 12.4. The first-order valence-corrected chi connectivity index (χ1v) is 7.73. The monoisotopic (exact) mass is 335 g/mol. The highest BCUT2D eigenvalue weighted by molar-refractivity contribution is 8.18. The molecule has 1 aromatic rings. The molecule has 0 aromatic heterocycles. The van der Waals surface area contributed by atoms with Gasteiger partial charge in [0.15, 0.2) is 0 Å². The normalized spacial score (nSPS) is 17.7. The molecule has 0 bridgehead atoms. The average molecular weight is 335 g/mol. The first-order valence-electron chi connectivity index (χ1n) is 6.91. The Hall–Kier alpha value is -2.28. The van der Waals surface area contributed by atoms with Crippen molar-refractivity contribution in [2.24, 2.45) is 0 Å². The number of ether oxygens (including phenoxy) is 1. The molecule has 0 aliphatic carbocycles. The highest BCUT2D eigenvalue weighted by Gasteiger charge is 2.41. The third-order valence-electron chi connectivity index (χ3n) is 3.56. The van der Waals surface area contributed by atoms with Crippen LogP contribution in [0.25, 0.3) is 6.08 Å². The molecule has 1 atom stereocenters. The lowest BCUT2D eigenvalue weighted by molar-refractivity contribution is -0.148. The second-order valence-corrected chi connectivity index (χ2v) is 6.25. The number of methoxy groups -OCH3 is 1. The van der Waals surface area contributed by atoms with Gasteiger partial charge in [-0.1, -0.05) is 0 Å². The molecule has 23 heavy (non-hydrogen) atoms. The number of phenolic OH excluding ortho intramolecular Hbond substituents is 1. The molecule has 0 radical (unpaired) electrons. The number of rotatable bonds is 3. The molecule has 1 aliphatic heterocycles. The molecule has 2 rings (SSSR count). The molecule has 1 N–H and O–H groups in total. The molecule has 1 heterocycles. The number of carbonyl (C=O) groups is 3. The maximum Gasteiger partial charge on any atom is 0.328 e. The third kappa shape index (κ3) is 3.24. The maximum absolute atomic E-state index is 12.4. The SMILES string of the molecule is COC(=O)[C@H](C)N1C(=O)S/C(=C/c2cc(C)c(O)c(C)c2)C1=O. The van der Waals surface area contributed by atoms with E-state index in [0.717, 1.165) is 16.7 Å². The summed E-state index contributed by atoms with van der Waals surface area (Å²) in [5.41, 5.74) is 2.06. The summed E-state index contributed by atoms with van der Waals surface area (Å²) in [5.74, 6) is -0.972. The number of aromatic hydroxyl groups is 1. The van der Waals surface area contributed by atoms with Gasteiger partial charge in [0.05, 0.1) is 12.0 Å². The largest absolute Gasteiger partial charge is 0.507 e. The van der Waals surface area contributed by atoms with E-state index in [1.807, 2.05) is 0 Å². The molecule has 122 valence electrons. The fraction of sp³-hybridized carbons (Fsp3) is 0.312. The molecular weight excluding hydrogens is 318 g/mol. The summed E-state index contributed by atoms with van der Waals surface area (Å²) >= 11 is 0.777. The summed E-state index contributed by atoms with van der Waals surface area (Å²) in [6.07, 6.45) is 1.58. The van der Waals surface area contributed by atoms with Crippen molar-refractivity contribution in [3.63, 3.8) is 0 Å². The van der Waals surface area contributed by atoms with Gasteiger partial charge in [-0.05, 0) is 67.4 Å². The summed E-state index contributed by atoms with van der Waals surface area (Å²) in [4.78, 5) is 37.1. The van der Waals surface area contributed by atoms with Gasteiger partial charge in [-0.15, -0.1) is 0 Å². The van der Waals surface area contributed by atoms with Crippen LogP contribution in [0.5, 0.6) is 5.75 Å². The van der Waals surface area contributed by atoms with Gasteiger partial charge < -0.3 is 9.84 Å². The topological polar surface area (TPSA) is 83.9 Å². The zero-order valence-electron chi connectivity index (χ0n) is 13.2. The quantitative estimate of drug-likeness (QED) is 0.675. The van der Waals surface area contributed by atoms with Gasteiger partial charge in [0, 0.05) is 0 Å². The predicted molar refractivity (Wildman–Crippen MR) is 86.9 cm³/mol. The number of aryl methyl sites for hydroxylation is 2. The van der Waals surface area contributed by atoms with Crippen molar-refractivity contribution in [1.29, 1.82) is 0 Å². The van der Waals surface area contributed by atoms with Gasteiger partial charge in [0.25, 0.3) is 11.1 Å². The van der Waals surface area contributed by atoms with Crippen LogP contribution < -0.4 is 0 Å². The van der Waals surface area contributed by atoms with Crippen LogP contribution in [0.2, 0.25) is 0 Å². The lowest BCUT2D eigenvalue weighted by Crippen LogP contribution is -2.42. The molecule has 0 spiro atoms. The van der Waals surface area contributed by atoms with Crippen molar-refractivity contribution in [1.82, 2.24) is 4.90 Å². The molecule has 1 aromatic carbocycles. The van der Waals surface area contributed by atoms with Crippen molar-refractivity contribution in [3.05, 3.63) is 33.7 Å². The van der Waals surface area contributed by atoms with Gasteiger partial charge in [-0.3, -0.25) is 14.5 Å². The molecule has 7 heteroatoms. The Morgan fingerprint density at radius 2 is 1.87 bits per heavy atom. The molecule has 6 nitrogen and oxygen atoms in total. The van der Waals surface area contributed by atoms with E-state index >= 15 is 0 Å². The Morgan fingerprint density at radius 3 is 2.39 bits per heavy atom. The summed E-state index contributed by atoms with van der Waals surface area (Å²) < 4.78 is 4.58. The lowest BCUT2D eigenvalue weighted by atomic mass is 10.1. The van der Waals surface area contributed by atoms with Crippen molar-refractivity contribution in [2.45, 2.75) is 26.8 Å². The van der Waals surface area contributed by atoms with E-state index < -0.39 is 23.2 Å². The molecule has 2 amide bonds. The lowest BCUT2D eigenvalue weighted by Gasteiger charge is -2.18. The summed E-state index contributed by atoms with van der Waals surface area (Å²) in [7, 11) is 1.20. The molecule has 0 saturated carbocycles. The van der Waals surface area contributed by atoms with E-state index in [2.05, 4.69) is 4.74 Å². The smallest absolute Gasteiger partial charge is 0.328 e. The highest BCUT2D eigenvalue weighted by Crippen LogP contribution is 2.34. The van der Waals surface area contributed by atoms with Crippen LogP contribution in [0.15, 0.2) is 17.0 Å². The zero-order valence-corrected chi connectivity index (χ0v) is 14.1. The first-order chi connectivity index (χ1) is 10.8. The molecule has 1 fully saturated rings. The number of imide groups is 1. The minimum absolute atomic E-state index is 0.203. The minimum Gasteiger partial charge on any atom is -0.507 e. The average Bonchev–Trinajstić information content (AvgIpc) is 2.77. The number of nitrogens with zero attached hydrogens (tertiary/aromatic N) is 1. The van der Waals surface area contributed by atoms with Gasteiger partial charge in [0.1, 0.15) is 11.8 Å². The number of amides is 2. The van der Waals surface area contributed by atoms with Crippen LogP contribution in [0.1, 0.15) is 23.6 Å².